The lowest BCUT2D eigenvalue weighted by Gasteiger charge is -2.18. The molecule has 0 fully saturated rings. The van der Waals surface area contributed by atoms with Crippen molar-refractivity contribution in [2.24, 2.45) is 4.99 Å². The van der Waals surface area contributed by atoms with Crippen molar-refractivity contribution in [3.05, 3.63) is 95.2 Å². The van der Waals surface area contributed by atoms with Crippen LogP contribution >= 0.6 is 11.8 Å². The van der Waals surface area contributed by atoms with Crippen LogP contribution in [0.4, 0.5) is 5.69 Å². The van der Waals surface area contributed by atoms with E-state index in [2.05, 4.69) is 4.99 Å². The molecule has 3 aromatic carbocycles. The highest BCUT2D eigenvalue weighted by molar-refractivity contribution is 8.14. The lowest BCUT2D eigenvalue weighted by molar-refractivity contribution is -0.113. The Morgan fingerprint density at radius 2 is 1.63 bits per heavy atom. The van der Waals surface area contributed by atoms with Crippen molar-refractivity contribution in [3.63, 3.8) is 0 Å². The number of rotatable bonds is 8. The van der Waals surface area contributed by atoms with E-state index in [0.29, 0.717) is 28.7 Å². The highest BCUT2D eigenvalue weighted by atomic mass is 32.2. The third kappa shape index (κ3) is 5.81. The predicted molar refractivity (Wildman–Crippen MR) is 141 cm³/mol. The maximum absolute atomic E-state index is 13.4. The van der Waals surface area contributed by atoms with Gasteiger partial charge in [-0.2, -0.15) is 0 Å². The summed E-state index contributed by atoms with van der Waals surface area (Å²) in [5, 5.41) is 0.458. The average Bonchev–Trinajstić information content (AvgIpc) is 3.18. The molecule has 0 saturated heterocycles. The van der Waals surface area contributed by atoms with E-state index in [0.717, 1.165) is 22.6 Å². The summed E-state index contributed by atoms with van der Waals surface area (Å²) in [7, 11) is 1.61. The van der Waals surface area contributed by atoms with Crippen LogP contribution in [0.2, 0.25) is 0 Å². The lowest BCUT2D eigenvalue weighted by Crippen LogP contribution is -2.30. The van der Waals surface area contributed by atoms with Gasteiger partial charge < -0.3 is 9.47 Å². The smallest absolute Gasteiger partial charge is 0.283 e. The summed E-state index contributed by atoms with van der Waals surface area (Å²) in [6, 6.07) is 22.1. The van der Waals surface area contributed by atoms with Gasteiger partial charge in [0.05, 0.1) is 25.2 Å². The Hall–Kier alpha value is -3.84. The first kappa shape index (κ1) is 24.3. The zero-order valence-electron chi connectivity index (χ0n) is 19.9. The first-order chi connectivity index (χ1) is 17.0. The standard InChI is InChI=1S/C28H26N2O4S/c1-4-34-24-15-11-22(12-16-24)30-27(32)25(17-20-7-13-23(33-3)14-8-20)29-28(30)35-18-26(31)21-9-5-19(2)6-10-21/h5-17H,4,18H2,1-3H3/b25-17+. The van der Waals surface area contributed by atoms with Gasteiger partial charge in [0.2, 0.25) is 0 Å². The van der Waals surface area contributed by atoms with Crippen LogP contribution in [-0.2, 0) is 4.79 Å². The van der Waals surface area contributed by atoms with Gasteiger partial charge in [0.15, 0.2) is 11.0 Å². The molecule has 4 rings (SSSR count). The molecule has 1 aliphatic rings. The first-order valence-electron chi connectivity index (χ1n) is 11.2. The van der Waals surface area contributed by atoms with Crippen LogP contribution in [0, 0.1) is 6.92 Å². The number of methoxy groups -OCH3 is 1. The van der Waals surface area contributed by atoms with E-state index in [1.54, 1.807) is 13.2 Å². The lowest BCUT2D eigenvalue weighted by atomic mass is 10.1. The number of hydrogen-bond acceptors (Lipinski definition) is 6. The zero-order valence-corrected chi connectivity index (χ0v) is 20.7. The number of ketones is 1. The van der Waals surface area contributed by atoms with Crippen LogP contribution in [0.1, 0.15) is 28.4 Å². The number of ether oxygens (including phenoxy) is 2. The van der Waals surface area contributed by atoms with E-state index in [4.69, 9.17) is 9.47 Å². The van der Waals surface area contributed by atoms with Gasteiger partial charge in [0, 0.05) is 5.56 Å². The van der Waals surface area contributed by atoms with Gasteiger partial charge in [-0.15, -0.1) is 0 Å². The SMILES string of the molecule is CCOc1ccc(N2C(=O)/C(=C\c3ccc(OC)cc3)N=C2SCC(=O)c2ccc(C)cc2)cc1. The Bertz CT molecular complexity index is 1260. The van der Waals surface area contributed by atoms with Crippen LogP contribution < -0.4 is 14.4 Å². The zero-order chi connectivity index (χ0) is 24.8. The van der Waals surface area contributed by atoms with Crippen LogP contribution in [0.15, 0.2) is 83.5 Å². The number of carbonyl (C=O) groups excluding carboxylic acids is 2. The number of carbonyl (C=O) groups is 2. The Morgan fingerprint density at radius 3 is 2.26 bits per heavy atom. The predicted octanol–water partition coefficient (Wildman–Crippen LogP) is 5.76. The molecule has 1 heterocycles. The van der Waals surface area contributed by atoms with Crippen molar-refractivity contribution in [1.29, 1.82) is 0 Å². The summed E-state index contributed by atoms with van der Waals surface area (Å²) in [5.41, 5.74) is 3.51. The van der Waals surface area contributed by atoms with Gasteiger partial charge in [-0.05, 0) is 61.9 Å². The Kier molecular flexibility index (Phi) is 7.67. The molecule has 7 heteroatoms. The molecular weight excluding hydrogens is 460 g/mol. The fourth-order valence-corrected chi connectivity index (χ4v) is 4.40. The third-order valence-corrected chi connectivity index (χ3v) is 6.30. The molecule has 0 bridgehead atoms. The minimum Gasteiger partial charge on any atom is -0.497 e. The number of hydrogen-bond donors (Lipinski definition) is 0. The van der Waals surface area contributed by atoms with Crippen LogP contribution in [0.5, 0.6) is 11.5 Å². The number of benzene rings is 3. The number of aliphatic imine (C=N–C) groups is 1. The van der Waals surface area contributed by atoms with E-state index < -0.39 is 0 Å². The van der Waals surface area contributed by atoms with Crippen molar-refractivity contribution in [2.75, 3.05) is 24.4 Å². The van der Waals surface area contributed by atoms with Gasteiger partial charge >= 0.3 is 0 Å². The largest absolute Gasteiger partial charge is 0.497 e. The molecule has 0 N–H and O–H groups in total. The highest BCUT2D eigenvalue weighted by Gasteiger charge is 2.32. The van der Waals surface area contributed by atoms with Gasteiger partial charge in [0.1, 0.15) is 17.2 Å². The second-order valence-corrected chi connectivity index (χ2v) is 8.78. The number of anilines is 1. The third-order valence-electron chi connectivity index (χ3n) is 5.36. The van der Waals surface area contributed by atoms with E-state index in [9.17, 15) is 9.59 Å². The molecule has 3 aromatic rings. The van der Waals surface area contributed by atoms with Gasteiger partial charge in [-0.1, -0.05) is 53.7 Å². The summed E-state index contributed by atoms with van der Waals surface area (Å²) in [6.07, 6.45) is 1.73. The quantitative estimate of drug-likeness (QED) is 0.299. The molecule has 0 spiro atoms. The number of thioether (sulfide) groups is 1. The Balaban J connectivity index is 1.61. The number of nitrogens with zero attached hydrogens (tertiary/aromatic N) is 2. The van der Waals surface area contributed by atoms with Crippen molar-refractivity contribution in [3.8, 4) is 11.5 Å². The second-order valence-electron chi connectivity index (χ2n) is 7.84. The monoisotopic (exact) mass is 486 g/mol. The van der Waals surface area contributed by atoms with E-state index in [1.165, 1.54) is 16.7 Å². The van der Waals surface area contributed by atoms with E-state index in [-0.39, 0.29) is 17.4 Å². The van der Waals surface area contributed by atoms with Crippen molar-refractivity contribution in [1.82, 2.24) is 0 Å². The van der Waals surface area contributed by atoms with E-state index in [1.807, 2.05) is 86.6 Å². The molecule has 6 nitrogen and oxygen atoms in total. The molecular formula is C28H26N2O4S. The molecule has 0 radical (unpaired) electrons. The van der Waals surface area contributed by atoms with Crippen molar-refractivity contribution >= 4 is 40.4 Å². The minimum atomic E-state index is -0.254. The second kappa shape index (κ2) is 11.1. The van der Waals surface area contributed by atoms with Crippen LogP contribution in [-0.4, -0.2) is 36.3 Å². The molecule has 35 heavy (non-hydrogen) atoms. The fraction of sp³-hybridized carbons (Fsp3) is 0.179. The minimum absolute atomic E-state index is 0.0237. The van der Waals surface area contributed by atoms with Crippen molar-refractivity contribution in [2.45, 2.75) is 13.8 Å². The van der Waals surface area contributed by atoms with Gasteiger partial charge in [0.25, 0.3) is 5.91 Å². The molecule has 178 valence electrons. The van der Waals surface area contributed by atoms with Gasteiger partial charge in [-0.3, -0.25) is 14.5 Å². The molecule has 0 unspecified atom stereocenters. The molecule has 0 atom stereocenters. The van der Waals surface area contributed by atoms with Gasteiger partial charge in [-0.25, -0.2) is 4.99 Å². The number of Topliss-reactive ketones (excluding diaryl/α,β-unsaturated/α-hetero) is 1. The molecule has 0 aromatic heterocycles. The molecule has 0 saturated carbocycles. The summed E-state index contributed by atoms with van der Waals surface area (Å²) < 4.78 is 10.7. The maximum atomic E-state index is 13.4. The summed E-state index contributed by atoms with van der Waals surface area (Å²) in [4.78, 5) is 32.3. The normalized spacial score (nSPS) is 14.3. The Morgan fingerprint density at radius 1 is 0.971 bits per heavy atom. The maximum Gasteiger partial charge on any atom is 0.283 e. The van der Waals surface area contributed by atoms with E-state index >= 15 is 0 Å². The van der Waals surface area contributed by atoms with Crippen molar-refractivity contribution < 1.29 is 19.1 Å². The molecule has 1 aliphatic heterocycles. The molecule has 1 amide bonds. The molecule has 0 aliphatic carbocycles. The summed E-state index contributed by atoms with van der Waals surface area (Å²) in [5.74, 6) is 1.34. The van der Waals surface area contributed by atoms with Crippen LogP contribution in [0.25, 0.3) is 6.08 Å². The average molecular weight is 487 g/mol. The Labute approximate surface area is 209 Å². The first-order valence-corrected chi connectivity index (χ1v) is 12.2. The van der Waals surface area contributed by atoms with Crippen LogP contribution in [0.3, 0.4) is 0 Å². The summed E-state index contributed by atoms with van der Waals surface area (Å²) in [6.45, 7) is 4.45. The fourth-order valence-electron chi connectivity index (χ4n) is 3.49. The summed E-state index contributed by atoms with van der Waals surface area (Å²) >= 11 is 1.25. The topological polar surface area (TPSA) is 68.2 Å². The highest BCUT2D eigenvalue weighted by Crippen LogP contribution is 2.31. The number of amidine groups is 1. The number of amides is 1. The number of aryl methyl sites for hydroxylation is 1.